The molecule has 1 aromatic heterocycles. The summed E-state index contributed by atoms with van der Waals surface area (Å²) < 4.78 is 0. The number of anilines is 1. The first-order valence-corrected chi connectivity index (χ1v) is 5.81. The van der Waals surface area contributed by atoms with E-state index in [2.05, 4.69) is 42.2 Å². The Morgan fingerprint density at radius 2 is 1.88 bits per heavy atom. The Hall–Kier alpha value is -1.55. The summed E-state index contributed by atoms with van der Waals surface area (Å²) >= 11 is 1.60. The van der Waals surface area contributed by atoms with Gasteiger partial charge in [0.15, 0.2) is 0 Å². The molecule has 82 valence electrons. The fourth-order valence-electron chi connectivity index (χ4n) is 1.41. The third kappa shape index (κ3) is 2.52. The van der Waals surface area contributed by atoms with Crippen molar-refractivity contribution >= 4 is 17.6 Å². The highest BCUT2D eigenvalue weighted by atomic mass is 32.2. The van der Waals surface area contributed by atoms with E-state index in [-0.39, 0.29) is 0 Å². The van der Waals surface area contributed by atoms with Crippen LogP contribution in [0, 0.1) is 13.8 Å². The third-order valence-electron chi connectivity index (χ3n) is 2.21. The van der Waals surface area contributed by atoms with Gasteiger partial charge in [0.1, 0.15) is 10.8 Å². The highest BCUT2D eigenvalue weighted by molar-refractivity contribution is 7.99. The van der Waals surface area contributed by atoms with Gasteiger partial charge in [-0.25, -0.2) is 0 Å². The fourth-order valence-corrected chi connectivity index (χ4v) is 2.21. The van der Waals surface area contributed by atoms with Crippen LogP contribution >= 0.6 is 11.8 Å². The van der Waals surface area contributed by atoms with Crippen molar-refractivity contribution in [3.8, 4) is 0 Å². The highest BCUT2D eigenvalue weighted by Crippen LogP contribution is 2.28. The number of hydrogen-bond donors (Lipinski definition) is 1. The topological polar surface area (TPSA) is 51.8 Å². The summed E-state index contributed by atoms with van der Waals surface area (Å²) in [5.41, 5.74) is 8.01. The van der Waals surface area contributed by atoms with Gasteiger partial charge in [-0.3, -0.25) is 0 Å². The summed E-state index contributed by atoms with van der Waals surface area (Å²) in [4.78, 5) is 1.20. The van der Waals surface area contributed by atoms with E-state index >= 15 is 0 Å². The molecule has 0 saturated heterocycles. The highest BCUT2D eigenvalue weighted by Gasteiger charge is 2.02. The van der Waals surface area contributed by atoms with Crippen LogP contribution in [0.5, 0.6) is 0 Å². The second-order valence-corrected chi connectivity index (χ2v) is 4.73. The molecule has 2 N–H and O–H groups in total. The van der Waals surface area contributed by atoms with Gasteiger partial charge in [-0.15, -0.1) is 10.2 Å². The fraction of sp³-hybridized carbons (Fsp3) is 0.167. The first-order chi connectivity index (χ1) is 7.65. The molecule has 2 aromatic rings. The lowest BCUT2D eigenvalue weighted by Gasteiger charge is -2.05. The van der Waals surface area contributed by atoms with E-state index in [4.69, 9.17) is 5.73 Å². The summed E-state index contributed by atoms with van der Waals surface area (Å²) in [7, 11) is 0. The third-order valence-corrected chi connectivity index (χ3v) is 3.31. The van der Waals surface area contributed by atoms with Crippen LogP contribution in [0.4, 0.5) is 5.82 Å². The largest absolute Gasteiger partial charge is 0.382 e. The Kier molecular flexibility index (Phi) is 3.10. The lowest BCUT2D eigenvalue weighted by Crippen LogP contribution is -1.93. The van der Waals surface area contributed by atoms with Crippen LogP contribution in [0.1, 0.15) is 11.1 Å². The van der Waals surface area contributed by atoms with Crippen LogP contribution in [-0.4, -0.2) is 10.2 Å². The number of nitrogen functional groups attached to an aromatic ring is 1. The van der Waals surface area contributed by atoms with Crippen LogP contribution in [0.3, 0.4) is 0 Å². The summed E-state index contributed by atoms with van der Waals surface area (Å²) in [6, 6.07) is 10.0. The molecule has 16 heavy (non-hydrogen) atoms. The number of aromatic nitrogens is 2. The van der Waals surface area contributed by atoms with Gasteiger partial charge in [0.25, 0.3) is 0 Å². The second-order valence-electron chi connectivity index (χ2n) is 3.67. The Balaban J connectivity index is 2.23. The molecule has 2 rings (SSSR count). The van der Waals surface area contributed by atoms with Gasteiger partial charge < -0.3 is 5.73 Å². The summed E-state index contributed by atoms with van der Waals surface area (Å²) in [6.07, 6.45) is 0. The zero-order valence-electron chi connectivity index (χ0n) is 9.27. The van der Waals surface area contributed by atoms with E-state index in [0.717, 1.165) is 5.03 Å². The Morgan fingerprint density at radius 1 is 1.06 bits per heavy atom. The number of nitrogens with zero attached hydrogens (tertiary/aromatic N) is 2. The molecule has 3 nitrogen and oxygen atoms in total. The Labute approximate surface area is 99.1 Å². The van der Waals surface area contributed by atoms with Gasteiger partial charge in [0.05, 0.1) is 0 Å². The molecule has 0 fully saturated rings. The van der Waals surface area contributed by atoms with E-state index in [1.807, 2.05) is 6.07 Å². The van der Waals surface area contributed by atoms with E-state index in [1.54, 1.807) is 17.8 Å². The van der Waals surface area contributed by atoms with Crippen LogP contribution in [0.25, 0.3) is 0 Å². The van der Waals surface area contributed by atoms with Crippen LogP contribution in [-0.2, 0) is 0 Å². The van der Waals surface area contributed by atoms with Crippen molar-refractivity contribution in [3.05, 3.63) is 41.5 Å². The van der Waals surface area contributed by atoms with E-state index in [1.165, 1.54) is 16.0 Å². The lowest BCUT2D eigenvalue weighted by molar-refractivity contribution is 0.938. The molecule has 0 aliphatic heterocycles. The Bertz CT molecular complexity index is 494. The zero-order chi connectivity index (χ0) is 11.5. The standard InChI is InChI=1S/C12H13N3S/c1-8-3-4-10(9(2)7-8)16-12-6-5-11(13)14-15-12/h3-7H,1-2H3,(H2,13,14). The normalized spacial score (nSPS) is 10.4. The molecule has 0 spiro atoms. The van der Waals surface area contributed by atoms with Crippen molar-refractivity contribution in [2.45, 2.75) is 23.8 Å². The number of nitrogens with two attached hydrogens (primary N) is 1. The van der Waals surface area contributed by atoms with Crippen molar-refractivity contribution in [1.82, 2.24) is 10.2 Å². The molecule has 0 aliphatic carbocycles. The summed E-state index contributed by atoms with van der Waals surface area (Å²) in [5, 5.41) is 8.72. The maximum atomic E-state index is 5.49. The SMILES string of the molecule is Cc1ccc(Sc2ccc(N)nn2)c(C)c1. The zero-order valence-corrected chi connectivity index (χ0v) is 10.1. The summed E-state index contributed by atoms with van der Waals surface area (Å²) in [6.45, 7) is 4.19. The smallest absolute Gasteiger partial charge is 0.146 e. The maximum Gasteiger partial charge on any atom is 0.146 e. The van der Waals surface area contributed by atoms with Crippen LogP contribution in [0.2, 0.25) is 0 Å². The second kappa shape index (κ2) is 4.53. The first kappa shape index (κ1) is 11.0. The molecule has 0 aliphatic rings. The molecule has 0 amide bonds. The number of hydrogen-bond acceptors (Lipinski definition) is 4. The van der Waals surface area contributed by atoms with Gasteiger partial charge >= 0.3 is 0 Å². The molecule has 1 aromatic carbocycles. The molecule has 0 bridgehead atoms. The minimum Gasteiger partial charge on any atom is -0.382 e. The molecule has 0 unspecified atom stereocenters. The molecular formula is C12H13N3S. The minimum atomic E-state index is 0.449. The van der Waals surface area contributed by atoms with Crippen molar-refractivity contribution in [3.63, 3.8) is 0 Å². The Morgan fingerprint density at radius 3 is 2.50 bits per heavy atom. The molecular weight excluding hydrogens is 218 g/mol. The number of aryl methyl sites for hydroxylation is 2. The number of benzene rings is 1. The molecule has 0 saturated carbocycles. The molecule has 1 heterocycles. The van der Waals surface area contributed by atoms with Gasteiger partial charge in [-0.2, -0.15) is 0 Å². The predicted octanol–water partition coefficient (Wildman–Crippen LogP) is 2.83. The van der Waals surface area contributed by atoms with Gasteiger partial charge in [0, 0.05) is 4.90 Å². The first-order valence-electron chi connectivity index (χ1n) is 4.99. The predicted molar refractivity (Wildman–Crippen MR) is 66.5 cm³/mol. The lowest BCUT2D eigenvalue weighted by atomic mass is 10.2. The average molecular weight is 231 g/mol. The van der Waals surface area contributed by atoms with Crippen LogP contribution < -0.4 is 5.73 Å². The van der Waals surface area contributed by atoms with Crippen LogP contribution in [0.15, 0.2) is 40.3 Å². The van der Waals surface area contributed by atoms with Gasteiger partial charge in [-0.1, -0.05) is 29.5 Å². The number of rotatable bonds is 2. The minimum absolute atomic E-state index is 0.449. The van der Waals surface area contributed by atoms with E-state index < -0.39 is 0 Å². The maximum absolute atomic E-state index is 5.49. The average Bonchev–Trinajstić information content (AvgIpc) is 2.25. The summed E-state index contributed by atoms with van der Waals surface area (Å²) in [5.74, 6) is 0.449. The van der Waals surface area contributed by atoms with E-state index in [9.17, 15) is 0 Å². The molecule has 0 radical (unpaired) electrons. The van der Waals surface area contributed by atoms with E-state index in [0.29, 0.717) is 5.82 Å². The molecule has 0 atom stereocenters. The molecule has 4 heteroatoms. The quantitative estimate of drug-likeness (QED) is 0.863. The van der Waals surface area contributed by atoms with Crippen molar-refractivity contribution in [2.24, 2.45) is 0 Å². The van der Waals surface area contributed by atoms with Gasteiger partial charge in [-0.05, 0) is 37.6 Å². The monoisotopic (exact) mass is 231 g/mol. The van der Waals surface area contributed by atoms with Crippen molar-refractivity contribution in [2.75, 3.05) is 5.73 Å². The van der Waals surface area contributed by atoms with Crippen molar-refractivity contribution < 1.29 is 0 Å². The van der Waals surface area contributed by atoms with Gasteiger partial charge in [0.2, 0.25) is 0 Å². The van der Waals surface area contributed by atoms with Crippen molar-refractivity contribution in [1.29, 1.82) is 0 Å².